The summed E-state index contributed by atoms with van der Waals surface area (Å²) in [5.41, 5.74) is 4.78. The van der Waals surface area contributed by atoms with Crippen molar-refractivity contribution >= 4 is 28.8 Å². The molecule has 0 spiro atoms. The number of nitrogens with two attached hydrogens (primary N) is 1. The molecule has 1 amide bonds. The predicted octanol–water partition coefficient (Wildman–Crippen LogP) is 4.43. The van der Waals surface area contributed by atoms with Gasteiger partial charge in [-0.05, 0) is 55.9 Å². The Morgan fingerprint density at radius 3 is 2.58 bits per heavy atom. The average molecular weight is 547 g/mol. The van der Waals surface area contributed by atoms with Crippen LogP contribution in [-0.2, 0) is 11.3 Å². The zero-order valence-electron chi connectivity index (χ0n) is 23.7. The molecule has 10 nitrogen and oxygen atoms in total. The number of nitrogens with one attached hydrogen (secondary N) is 2. The van der Waals surface area contributed by atoms with Gasteiger partial charge in [-0.1, -0.05) is 56.5 Å². The molecule has 6 rings (SSSR count). The molecule has 3 heterocycles. The van der Waals surface area contributed by atoms with E-state index in [0.29, 0.717) is 36.5 Å². The molecule has 2 aliphatic carbocycles. The highest BCUT2D eigenvalue weighted by atomic mass is 16.5. The van der Waals surface area contributed by atoms with E-state index in [-0.39, 0.29) is 17.9 Å². The third-order valence-corrected chi connectivity index (χ3v) is 9.28. The maximum Gasteiger partial charge on any atom is 0.303 e. The largest absolute Gasteiger partial charge is 0.377 e. The van der Waals surface area contributed by atoms with E-state index in [4.69, 9.17) is 20.5 Å². The van der Waals surface area contributed by atoms with Crippen LogP contribution in [0.15, 0.2) is 30.3 Å². The third kappa shape index (κ3) is 5.39. The van der Waals surface area contributed by atoms with E-state index in [2.05, 4.69) is 63.3 Å². The smallest absolute Gasteiger partial charge is 0.303 e. The molecule has 2 atom stereocenters. The zero-order chi connectivity index (χ0) is 27.6. The van der Waals surface area contributed by atoms with E-state index in [0.717, 1.165) is 30.5 Å². The maximum absolute atomic E-state index is 12.6. The first-order chi connectivity index (χ1) is 19.5. The fourth-order valence-corrected chi connectivity index (χ4v) is 6.52. The first-order valence-corrected chi connectivity index (χ1v) is 15.0. The van der Waals surface area contributed by atoms with Crippen LogP contribution >= 0.6 is 0 Å². The third-order valence-electron chi connectivity index (χ3n) is 9.28. The maximum atomic E-state index is 12.6. The van der Waals surface area contributed by atoms with Crippen molar-refractivity contribution in [3.05, 3.63) is 41.7 Å². The summed E-state index contributed by atoms with van der Waals surface area (Å²) in [6.45, 7) is 7.34. The van der Waals surface area contributed by atoms with Crippen molar-refractivity contribution in [1.82, 2.24) is 24.9 Å². The topological polar surface area (TPSA) is 123 Å². The minimum absolute atomic E-state index is 0.0296. The molecule has 40 heavy (non-hydrogen) atoms. The van der Waals surface area contributed by atoms with Crippen molar-refractivity contribution < 1.29 is 9.53 Å². The van der Waals surface area contributed by atoms with Crippen molar-refractivity contribution in [2.75, 3.05) is 30.0 Å². The number of imidazole rings is 1. The molecule has 0 bridgehead atoms. The lowest BCUT2D eigenvalue weighted by Crippen LogP contribution is -2.41. The lowest BCUT2D eigenvalue weighted by Gasteiger charge is -2.37. The van der Waals surface area contributed by atoms with E-state index in [1.165, 1.54) is 50.5 Å². The van der Waals surface area contributed by atoms with Gasteiger partial charge in [-0.15, -0.1) is 0 Å². The number of rotatable bonds is 8. The van der Waals surface area contributed by atoms with Gasteiger partial charge in [-0.3, -0.25) is 10.2 Å². The van der Waals surface area contributed by atoms with Crippen LogP contribution in [0.5, 0.6) is 0 Å². The summed E-state index contributed by atoms with van der Waals surface area (Å²) in [5.74, 6) is 8.45. The lowest BCUT2D eigenvalue weighted by atomic mass is 9.80. The van der Waals surface area contributed by atoms with E-state index in [1.807, 2.05) is 6.07 Å². The van der Waals surface area contributed by atoms with Gasteiger partial charge in [-0.25, -0.2) is 15.8 Å². The Balaban J connectivity index is 1.48. The fraction of sp³-hybridized carbons (Fsp3) is 0.600. The number of morpholine rings is 1. The highest BCUT2D eigenvalue weighted by Crippen LogP contribution is 2.38. The molecule has 3 aromatic rings. The van der Waals surface area contributed by atoms with Crippen LogP contribution in [0.25, 0.3) is 11.2 Å². The number of ether oxygens (including phenoxy) is 1. The van der Waals surface area contributed by atoms with Gasteiger partial charge >= 0.3 is 5.91 Å². The van der Waals surface area contributed by atoms with Crippen molar-refractivity contribution in [2.45, 2.75) is 77.4 Å². The lowest BCUT2D eigenvalue weighted by molar-refractivity contribution is 0.0927. The Morgan fingerprint density at radius 1 is 1.10 bits per heavy atom. The molecule has 3 aliphatic rings. The van der Waals surface area contributed by atoms with Gasteiger partial charge in [0.15, 0.2) is 11.5 Å². The Labute approximate surface area is 236 Å². The molecule has 2 saturated carbocycles. The first kappa shape index (κ1) is 27.0. The number of hydrazine groups is 1. The van der Waals surface area contributed by atoms with Crippen LogP contribution < -0.4 is 21.5 Å². The Kier molecular flexibility index (Phi) is 7.89. The quantitative estimate of drug-likeness (QED) is 0.215. The van der Waals surface area contributed by atoms with E-state index < -0.39 is 5.91 Å². The molecule has 1 aromatic carbocycles. The first-order valence-electron chi connectivity index (χ1n) is 15.0. The molecular formula is C30H42N8O2. The SMILES string of the molecule is CC1CCC(Cn2c(N3CCOC[C@H]3c3ccccc3)nc3nc(C(=O)NN)nc(N[C@H](C)C4CCC4)c32)CC1. The number of carbonyl (C=O) groups excluding carboxylic acids is 1. The summed E-state index contributed by atoms with van der Waals surface area (Å²) in [7, 11) is 0. The van der Waals surface area contributed by atoms with E-state index in [1.54, 1.807) is 0 Å². The van der Waals surface area contributed by atoms with Crippen LogP contribution in [0.4, 0.5) is 11.8 Å². The van der Waals surface area contributed by atoms with Crippen LogP contribution in [-0.4, -0.2) is 51.2 Å². The molecule has 0 unspecified atom stereocenters. The van der Waals surface area contributed by atoms with Gasteiger partial charge in [-0.2, -0.15) is 4.98 Å². The predicted molar refractivity (Wildman–Crippen MR) is 156 cm³/mol. The number of amides is 1. The van der Waals surface area contributed by atoms with E-state index in [9.17, 15) is 4.79 Å². The Hall–Kier alpha value is -3.24. The molecule has 3 fully saturated rings. The van der Waals surface area contributed by atoms with Gasteiger partial charge in [0.05, 0.1) is 19.3 Å². The monoisotopic (exact) mass is 546 g/mol. The van der Waals surface area contributed by atoms with Crippen LogP contribution in [0.2, 0.25) is 0 Å². The van der Waals surface area contributed by atoms with Crippen molar-refractivity contribution in [3.8, 4) is 0 Å². The number of anilines is 2. The number of carbonyl (C=O) groups is 1. The number of nitrogens with zero attached hydrogens (tertiary/aromatic N) is 5. The normalized spacial score (nSPS) is 24.5. The number of nitrogen functional groups attached to an aromatic ring is 1. The summed E-state index contributed by atoms with van der Waals surface area (Å²) in [4.78, 5) is 29.5. The van der Waals surface area contributed by atoms with Gasteiger partial charge in [0.1, 0.15) is 5.52 Å². The summed E-state index contributed by atoms with van der Waals surface area (Å²) < 4.78 is 8.30. The van der Waals surface area contributed by atoms with Gasteiger partial charge in [0.2, 0.25) is 11.8 Å². The van der Waals surface area contributed by atoms with Crippen LogP contribution in [0.1, 0.15) is 81.0 Å². The van der Waals surface area contributed by atoms with Crippen molar-refractivity contribution in [3.63, 3.8) is 0 Å². The molecule has 214 valence electrons. The second-order valence-electron chi connectivity index (χ2n) is 12.0. The van der Waals surface area contributed by atoms with E-state index >= 15 is 0 Å². The van der Waals surface area contributed by atoms with Crippen LogP contribution in [0.3, 0.4) is 0 Å². The van der Waals surface area contributed by atoms with Gasteiger partial charge < -0.3 is 19.5 Å². The number of benzene rings is 1. The Bertz CT molecular complexity index is 1320. The number of hydrogen-bond acceptors (Lipinski definition) is 8. The van der Waals surface area contributed by atoms with Crippen molar-refractivity contribution in [1.29, 1.82) is 0 Å². The molecule has 2 aromatic heterocycles. The fourth-order valence-electron chi connectivity index (χ4n) is 6.52. The Morgan fingerprint density at radius 2 is 1.88 bits per heavy atom. The van der Waals surface area contributed by atoms with Gasteiger partial charge in [0.25, 0.3) is 0 Å². The molecule has 0 radical (unpaired) electrons. The van der Waals surface area contributed by atoms with Gasteiger partial charge in [0, 0.05) is 19.1 Å². The second-order valence-corrected chi connectivity index (χ2v) is 12.0. The molecule has 1 saturated heterocycles. The minimum Gasteiger partial charge on any atom is -0.377 e. The highest BCUT2D eigenvalue weighted by molar-refractivity contribution is 5.95. The molecule has 1 aliphatic heterocycles. The summed E-state index contributed by atoms with van der Waals surface area (Å²) in [5, 5.41) is 3.67. The molecule has 10 heteroatoms. The number of fused-ring (bicyclic) bond motifs is 1. The second kappa shape index (κ2) is 11.7. The average Bonchev–Trinajstić information content (AvgIpc) is 3.31. The number of hydrogen-bond donors (Lipinski definition) is 3. The molecular weight excluding hydrogens is 504 g/mol. The highest BCUT2D eigenvalue weighted by Gasteiger charge is 2.33. The van der Waals surface area contributed by atoms with Crippen molar-refractivity contribution in [2.24, 2.45) is 23.6 Å². The van der Waals surface area contributed by atoms with Crippen LogP contribution in [0, 0.1) is 17.8 Å². The summed E-state index contributed by atoms with van der Waals surface area (Å²) in [6, 6.07) is 10.7. The summed E-state index contributed by atoms with van der Waals surface area (Å²) >= 11 is 0. The number of aromatic nitrogens is 4. The standard InChI is InChI=1S/C30H42N8O2/c1-19-11-13-21(14-12-19)17-38-25-26(32-20(2)22-9-6-10-22)33-28(29(39)36-31)34-27(25)35-30(38)37-15-16-40-18-24(37)23-7-4-3-5-8-23/h3-5,7-8,19-22,24H,6,9-18,31H2,1-2H3,(H,36,39)(H,32,33,34)/t19?,20-,21?,24+/m1/s1. The zero-order valence-corrected chi connectivity index (χ0v) is 23.7. The minimum atomic E-state index is -0.521. The molecule has 4 N–H and O–H groups in total. The summed E-state index contributed by atoms with van der Waals surface area (Å²) in [6.07, 6.45) is 8.56.